The van der Waals surface area contributed by atoms with Crippen LogP contribution in [0.25, 0.3) is 10.8 Å². The molecule has 0 aliphatic rings. The van der Waals surface area contributed by atoms with Crippen LogP contribution in [0.3, 0.4) is 0 Å². The van der Waals surface area contributed by atoms with Crippen LogP contribution in [0.1, 0.15) is 25.3 Å². The van der Waals surface area contributed by atoms with Crippen molar-refractivity contribution < 1.29 is 13.0 Å². The highest BCUT2D eigenvalue weighted by Gasteiger charge is 2.36. The van der Waals surface area contributed by atoms with E-state index in [4.69, 9.17) is 5.90 Å². The van der Waals surface area contributed by atoms with Crippen molar-refractivity contribution in [1.82, 2.24) is 0 Å². The van der Waals surface area contributed by atoms with E-state index in [9.17, 15) is 8.76 Å². The van der Waals surface area contributed by atoms with E-state index < -0.39 is 10.5 Å². The molecule has 19 heavy (non-hydrogen) atoms. The fourth-order valence-electron chi connectivity index (χ4n) is 2.19. The van der Waals surface area contributed by atoms with E-state index in [1.54, 1.807) is 12.1 Å². The molecule has 0 aliphatic heterocycles. The Morgan fingerprint density at radius 3 is 2.47 bits per heavy atom. The van der Waals surface area contributed by atoms with Crippen LogP contribution in [0.5, 0.6) is 0 Å². The summed E-state index contributed by atoms with van der Waals surface area (Å²) in [5.74, 6) is 4.86. The fourth-order valence-corrected chi connectivity index (χ4v) is 2.97. The van der Waals surface area contributed by atoms with Gasteiger partial charge in [0.2, 0.25) is 4.90 Å². The number of unbranched alkanes of at least 4 members (excludes halogenated alkanes) is 1. The topological polar surface area (TPSA) is 72.2 Å². The molecule has 0 aromatic heterocycles. The maximum Gasteiger partial charge on any atom is 0.448 e. The minimum Gasteiger partial charge on any atom is -0.160 e. The summed E-state index contributed by atoms with van der Waals surface area (Å²) in [6.45, 7) is 2.13. The Labute approximate surface area is 114 Å². The molecule has 2 aromatic rings. The van der Waals surface area contributed by atoms with Crippen LogP contribution in [0, 0.1) is 0 Å². The van der Waals surface area contributed by atoms with Gasteiger partial charge >= 0.3 is 10.5 Å². The number of fused-ring (bicyclic) bond motifs is 1. The molecule has 101 valence electrons. The van der Waals surface area contributed by atoms with E-state index in [-0.39, 0.29) is 4.90 Å². The van der Waals surface area contributed by atoms with Gasteiger partial charge in [0, 0.05) is 11.5 Å². The lowest BCUT2D eigenvalue weighted by molar-refractivity contribution is 0.262. The maximum atomic E-state index is 11.8. The number of hydrogen-bond donors (Lipinski definition) is 1. The molecule has 2 aromatic carbocycles. The molecule has 0 aliphatic carbocycles. The zero-order chi connectivity index (χ0) is 13.9. The van der Waals surface area contributed by atoms with E-state index in [0.29, 0.717) is 5.39 Å². The zero-order valence-electron chi connectivity index (χ0n) is 10.8. The molecule has 0 bridgehead atoms. The first-order valence-electron chi connectivity index (χ1n) is 6.24. The fraction of sp³-hybridized carbons (Fsp3) is 0.286. The standard InChI is InChI=1S/C14H17NO3S/c1-2-3-6-11-9-10-14(19(16,17)18-15)13-8-5-4-7-12(11)13/h4-5,7-10H,2-3,6,15H2,1H3/q+1. The highest BCUT2D eigenvalue weighted by Crippen LogP contribution is 2.30. The van der Waals surface area contributed by atoms with Gasteiger partial charge in [-0.3, -0.25) is 0 Å². The first-order chi connectivity index (χ1) is 9.10. The molecule has 1 unspecified atom stereocenters. The molecule has 0 fully saturated rings. The molecule has 0 amide bonds. The van der Waals surface area contributed by atoms with Crippen molar-refractivity contribution in [2.24, 2.45) is 5.90 Å². The van der Waals surface area contributed by atoms with E-state index in [1.807, 2.05) is 24.3 Å². The van der Waals surface area contributed by atoms with Crippen LogP contribution in [-0.4, -0.2) is 0 Å². The van der Waals surface area contributed by atoms with E-state index in [0.717, 1.165) is 30.2 Å². The Morgan fingerprint density at radius 1 is 1.16 bits per heavy atom. The van der Waals surface area contributed by atoms with Gasteiger partial charge in [-0.25, -0.2) is 0 Å². The third-order valence-electron chi connectivity index (χ3n) is 3.17. The lowest BCUT2D eigenvalue weighted by Gasteiger charge is -2.07. The normalized spacial score (nSPS) is 14.5. The number of rotatable bonds is 5. The first kappa shape index (κ1) is 14.1. The zero-order valence-corrected chi connectivity index (χ0v) is 11.6. The third-order valence-corrected chi connectivity index (χ3v) is 4.32. The van der Waals surface area contributed by atoms with Gasteiger partial charge in [0.15, 0.2) is 0 Å². The van der Waals surface area contributed by atoms with E-state index in [1.165, 1.54) is 0 Å². The lowest BCUT2D eigenvalue weighted by atomic mass is 10.0. The minimum atomic E-state index is -3.88. The lowest BCUT2D eigenvalue weighted by Crippen LogP contribution is -2.17. The van der Waals surface area contributed by atoms with Gasteiger partial charge in [0.1, 0.15) is 0 Å². The summed E-state index contributed by atoms with van der Waals surface area (Å²) in [5, 5.41) is 1.59. The van der Waals surface area contributed by atoms with Crippen molar-refractivity contribution in [2.75, 3.05) is 0 Å². The number of aryl methyl sites for hydroxylation is 1. The predicted octanol–water partition coefficient (Wildman–Crippen LogP) is 3.19. The largest absolute Gasteiger partial charge is 0.448 e. The number of benzene rings is 2. The molecule has 0 saturated heterocycles. The second kappa shape index (κ2) is 5.79. The molecule has 0 spiro atoms. The average Bonchev–Trinajstić information content (AvgIpc) is 2.44. The van der Waals surface area contributed by atoms with Gasteiger partial charge in [-0.1, -0.05) is 37.6 Å². The van der Waals surface area contributed by atoms with Crippen molar-refractivity contribution in [3.05, 3.63) is 42.0 Å². The maximum absolute atomic E-state index is 11.8. The van der Waals surface area contributed by atoms with Crippen LogP contribution in [-0.2, 0) is 30.0 Å². The molecule has 5 heteroatoms. The Bertz CT molecular complexity index is 627. The quantitative estimate of drug-likeness (QED) is 0.674. The Balaban J connectivity index is 2.62. The molecule has 2 N–H and O–H groups in total. The van der Waals surface area contributed by atoms with Crippen molar-refractivity contribution in [3.8, 4) is 0 Å². The van der Waals surface area contributed by atoms with Crippen molar-refractivity contribution in [3.63, 3.8) is 0 Å². The molecule has 2 rings (SSSR count). The minimum absolute atomic E-state index is 0.117. The van der Waals surface area contributed by atoms with E-state index in [2.05, 4.69) is 11.2 Å². The van der Waals surface area contributed by atoms with Crippen molar-refractivity contribution in [2.45, 2.75) is 31.1 Å². The molecule has 4 nitrogen and oxygen atoms in total. The monoisotopic (exact) mass is 279 g/mol. The molecule has 0 saturated carbocycles. The van der Waals surface area contributed by atoms with E-state index >= 15 is 0 Å². The highest BCUT2D eigenvalue weighted by atomic mass is 32.3. The second-order valence-corrected chi connectivity index (χ2v) is 5.96. The summed E-state index contributed by atoms with van der Waals surface area (Å²) in [6.07, 6.45) is 3.10. The molecule has 0 heterocycles. The number of hydrogen-bond acceptors (Lipinski definition) is 3. The number of nitrogens with two attached hydrogens (primary N) is 1. The summed E-state index contributed by atoms with van der Waals surface area (Å²) >= 11 is 0. The Hall–Kier alpha value is -1.27. The average molecular weight is 279 g/mol. The van der Waals surface area contributed by atoms with Gasteiger partial charge in [0.25, 0.3) is 0 Å². The van der Waals surface area contributed by atoms with Crippen LogP contribution >= 0.6 is 0 Å². The van der Waals surface area contributed by atoms with Gasteiger partial charge in [-0.2, -0.15) is 5.90 Å². The van der Waals surface area contributed by atoms with Gasteiger partial charge < -0.3 is 0 Å². The summed E-state index contributed by atoms with van der Waals surface area (Å²) in [6, 6.07) is 10.8. The Morgan fingerprint density at radius 2 is 1.84 bits per heavy atom. The summed E-state index contributed by atoms with van der Waals surface area (Å²) in [4.78, 5) is 0.117. The molecular formula is C14H17NO3S+. The molecule has 1 atom stereocenters. The molecule has 1 radical (unpaired) electrons. The second-order valence-electron chi connectivity index (χ2n) is 4.42. The van der Waals surface area contributed by atoms with Gasteiger partial charge in [-0.05, 0) is 38.4 Å². The van der Waals surface area contributed by atoms with Crippen LogP contribution < -0.4 is 5.90 Å². The smallest absolute Gasteiger partial charge is 0.160 e. The summed E-state index contributed by atoms with van der Waals surface area (Å²) < 4.78 is 27.7. The van der Waals surface area contributed by atoms with Crippen molar-refractivity contribution >= 4 is 21.3 Å². The molecular weight excluding hydrogens is 262 g/mol. The summed E-state index contributed by atoms with van der Waals surface area (Å²) in [7, 11) is -3.88. The highest BCUT2D eigenvalue weighted by molar-refractivity contribution is 7.93. The van der Waals surface area contributed by atoms with Gasteiger partial charge in [0.05, 0.1) is 4.55 Å². The summed E-state index contributed by atoms with van der Waals surface area (Å²) in [5.41, 5.74) is 1.15. The predicted molar refractivity (Wildman–Crippen MR) is 74.8 cm³/mol. The first-order valence-corrected chi connectivity index (χ1v) is 7.65. The third kappa shape index (κ3) is 2.84. The van der Waals surface area contributed by atoms with Crippen LogP contribution in [0.15, 0.2) is 41.3 Å². The SMILES string of the molecule is CCCCc1ccc([S+]([O])(=O)ON)c2ccccc12. The van der Waals surface area contributed by atoms with Gasteiger partial charge in [-0.15, -0.1) is 0 Å². The Kier molecular flexibility index (Phi) is 4.31. The van der Waals surface area contributed by atoms with Crippen molar-refractivity contribution in [1.29, 1.82) is 0 Å². The van der Waals surface area contributed by atoms with Crippen LogP contribution in [0.2, 0.25) is 0 Å². The van der Waals surface area contributed by atoms with Crippen LogP contribution in [0.4, 0.5) is 0 Å².